The Bertz CT molecular complexity index is 806. The predicted molar refractivity (Wildman–Crippen MR) is 88.0 cm³/mol. The van der Waals surface area contributed by atoms with Crippen LogP contribution in [0, 0.1) is 12.7 Å². The largest absolute Gasteiger partial charge is 0.365 e. The van der Waals surface area contributed by atoms with E-state index in [0.29, 0.717) is 24.0 Å². The van der Waals surface area contributed by atoms with E-state index in [1.165, 1.54) is 17.7 Å². The van der Waals surface area contributed by atoms with Crippen LogP contribution in [0.4, 0.5) is 21.8 Å². The number of hydrogen-bond acceptors (Lipinski definition) is 5. The number of nitrogens with one attached hydrogen (secondary N) is 2. The number of rotatable bonds is 5. The summed E-state index contributed by atoms with van der Waals surface area (Å²) in [4.78, 5) is 4.32. The number of aromatic nitrogens is 3. The Morgan fingerprint density at radius 3 is 2.78 bits per heavy atom. The van der Waals surface area contributed by atoms with E-state index in [-0.39, 0.29) is 5.82 Å². The summed E-state index contributed by atoms with van der Waals surface area (Å²) in [6.07, 6.45) is 1.55. The summed E-state index contributed by atoms with van der Waals surface area (Å²) in [5.74, 6) is 0.585. The lowest BCUT2D eigenvalue weighted by Crippen LogP contribution is -2.05. The molecule has 6 heteroatoms. The van der Waals surface area contributed by atoms with Gasteiger partial charge >= 0.3 is 0 Å². The summed E-state index contributed by atoms with van der Waals surface area (Å²) in [6, 6.07) is 14.3. The van der Waals surface area contributed by atoms with Crippen molar-refractivity contribution in [2.75, 3.05) is 10.6 Å². The van der Waals surface area contributed by atoms with Gasteiger partial charge in [0.15, 0.2) is 5.82 Å². The molecule has 0 atom stereocenters. The fourth-order valence-corrected chi connectivity index (χ4v) is 2.15. The van der Waals surface area contributed by atoms with Crippen molar-refractivity contribution in [2.24, 2.45) is 0 Å². The van der Waals surface area contributed by atoms with Crippen molar-refractivity contribution in [3.05, 3.63) is 71.7 Å². The zero-order valence-corrected chi connectivity index (χ0v) is 12.6. The maximum absolute atomic E-state index is 13.2. The molecule has 3 rings (SSSR count). The molecule has 0 bridgehead atoms. The van der Waals surface area contributed by atoms with Crippen LogP contribution in [0.3, 0.4) is 0 Å². The lowest BCUT2D eigenvalue weighted by atomic mass is 10.1. The average Bonchev–Trinajstić information content (AvgIpc) is 2.53. The van der Waals surface area contributed by atoms with Gasteiger partial charge in [-0.05, 0) is 30.7 Å². The summed E-state index contributed by atoms with van der Waals surface area (Å²) < 4.78 is 13.2. The number of aryl methyl sites for hydroxylation is 1. The maximum atomic E-state index is 13.2. The summed E-state index contributed by atoms with van der Waals surface area (Å²) in [7, 11) is 0. The fraction of sp³-hybridized carbons (Fsp3) is 0.118. The Morgan fingerprint density at radius 1 is 1.09 bits per heavy atom. The number of benzene rings is 2. The standard InChI is InChI=1S/C17H16FN5/c1-12-4-2-5-13(8-12)10-19-16-11-20-23-17(22-16)21-15-7-3-6-14(18)9-15/h2-9,11H,10H2,1H3,(H2,19,21,22,23). The number of hydrogen-bond donors (Lipinski definition) is 2. The molecule has 0 saturated heterocycles. The lowest BCUT2D eigenvalue weighted by molar-refractivity contribution is 0.628. The van der Waals surface area contributed by atoms with Crippen LogP contribution in [0.25, 0.3) is 0 Å². The van der Waals surface area contributed by atoms with E-state index in [1.807, 2.05) is 12.1 Å². The van der Waals surface area contributed by atoms with Crippen LogP contribution < -0.4 is 10.6 Å². The van der Waals surface area contributed by atoms with Gasteiger partial charge in [-0.2, -0.15) is 10.1 Å². The predicted octanol–water partition coefficient (Wildman–Crippen LogP) is 3.67. The van der Waals surface area contributed by atoms with Crippen molar-refractivity contribution in [3.63, 3.8) is 0 Å². The van der Waals surface area contributed by atoms with Crippen molar-refractivity contribution >= 4 is 17.5 Å². The molecule has 1 heterocycles. The van der Waals surface area contributed by atoms with Crippen LogP contribution in [0.2, 0.25) is 0 Å². The first-order valence-electron chi connectivity index (χ1n) is 7.21. The third kappa shape index (κ3) is 4.23. The van der Waals surface area contributed by atoms with Gasteiger partial charge < -0.3 is 10.6 Å². The molecule has 0 unspecified atom stereocenters. The van der Waals surface area contributed by atoms with E-state index >= 15 is 0 Å². The quantitative estimate of drug-likeness (QED) is 0.753. The Balaban J connectivity index is 1.67. The molecule has 0 aliphatic rings. The molecule has 5 nitrogen and oxygen atoms in total. The molecule has 1 aromatic heterocycles. The molecule has 0 radical (unpaired) electrons. The van der Waals surface area contributed by atoms with E-state index in [4.69, 9.17) is 0 Å². The summed E-state index contributed by atoms with van der Waals surface area (Å²) in [5, 5.41) is 13.9. The second-order valence-electron chi connectivity index (χ2n) is 5.14. The zero-order chi connectivity index (χ0) is 16.1. The van der Waals surface area contributed by atoms with E-state index in [2.05, 4.69) is 44.9 Å². The second kappa shape index (κ2) is 6.83. The van der Waals surface area contributed by atoms with Crippen LogP contribution in [0.1, 0.15) is 11.1 Å². The third-order valence-electron chi connectivity index (χ3n) is 3.20. The molecule has 0 spiro atoms. The highest BCUT2D eigenvalue weighted by Gasteiger charge is 2.02. The Morgan fingerprint density at radius 2 is 1.96 bits per heavy atom. The molecule has 23 heavy (non-hydrogen) atoms. The van der Waals surface area contributed by atoms with Crippen molar-refractivity contribution in [1.29, 1.82) is 0 Å². The van der Waals surface area contributed by atoms with Gasteiger partial charge in [0.25, 0.3) is 0 Å². The van der Waals surface area contributed by atoms with E-state index < -0.39 is 0 Å². The van der Waals surface area contributed by atoms with Gasteiger partial charge in [0.1, 0.15) is 5.82 Å². The first kappa shape index (κ1) is 14.9. The lowest BCUT2D eigenvalue weighted by Gasteiger charge is -2.08. The van der Waals surface area contributed by atoms with Gasteiger partial charge in [-0.15, -0.1) is 5.10 Å². The Hall–Kier alpha value is -3.02. The molecule has 0 saturated carbocycles. The highest BCUT2D eigenvalue weighted by molar-refractivity contribution is 5.53. The number of nitrogens with zero attached hydrogens (tertiary/aromatic N) is 3. The first-order chi connectivity index (χ1) is 11.2. The normalized spacial score (nSPS) is 10.3. The Kier molecular flexibility index (Phi) is 4.42. The van der Waals surface area contributed by atoms with Gasteiger partial charge in [-0.3, -0.25) is 0 Å². The van der Waals surface area contributed by atoms with Crippen LogP contribution in [0.5, 0.6) is 0 Å². The smallest absolute Gasteiger partial charge is 0.249 e. The van der Waals surface area contributed by atoms with E-state index in [0.717, 1.165) is 5.56 Å². The molecule has 2 N–H and O–H groups in total. The minimum Gasteiger partial charge on any atom is -0.365 e. The van der Waals surface area contributed by atoms with Crippen LogP contribution in [0.15, 0.2) is 54.7 Å². The van der Waals surface area contributed by atoms with Crippen molar-refractivity contribution < 1.29 is 4.39 Å². The van der Waals surface area contributed by atoms with Gasteiger partial charge in [-0.25, -0.2) is 4.39 Å². The van der Waals surface area contributed by atoms with Gasteiger partial charge in [0.2, 0.25) is 5.95 Å². The molecule has 116 valence electrons. The first-order valence-corrected chi connectivity index (χ1v) is 7.21. The van der Waals surface area contributed by atoms with Crippen molar-refractivity contribution in [3.8, 4) is 0 Å². The minimum atomic E-state index is -0.323. The SMILES string of the molecule is Cc1cccc(CNc2cnnc(Nc3cccc(F)c3)n2)c1. The molecular weight excluding hydrogens is 293 g/mol. The Labute approximate surface area is 133 Å². The molecule has 0 amide bonds. The number of halogens is 1. The van der Waals surface area contributed by atoms with Crippen molar-refractivity contribution in [1.82, 2.24) is 15.2 Å². The van der Waals surface area contributed by atoms with Crippen LogP contribution in [-0.4, -0.2) is 15.2 Å². The van der Waals surface area contributed by atoms with E-state index in [1.54, 1.807) is 18.3 Å². The monoisotopic (exact) mass is 309 g/mol. The number of anilines is 3. The fourth-order valence-electron chi connectivity index (χ4n) is 2.15. The molecule has 0 fully saturated rings. The second-order valence-corrected chi connectivity index (χ2v) is 5.14. The summed E-state index contributed by atoms with van der Waals surface area (Å²) in [5.41, 5.74) is 2.93. The zero-order valence-electron chi connectivity index (χ0n) is 12.6. The van der Waals surface area contributed by atoms with Gasteiger partial charge in [0, 0.05) is 12.2 Å². The minimum absolute atomic E-state index is 0.310. The molecule has 0 aliphatic carbocycles. The maximum Gasteiger partial charge on any atom is 0.249 e. The molecule has 3 aromatic rings. The highest BCUT2D eigenvalue weighted by Crippen LogP contribution is 2.15. The van der Waals surface area contributed by atoms with Gasteiger partial charge in [0.05, 0.1) is 6.20 Å². The topological polar surface area (TPSA) is 62.7 Å². The summed E-state index contributed by atoms with van der Waals surface area (Å²) >= 11 is 0. The van der Waals surface area contributed by atoms with Gasteiger partial charge in [-0.1, -0.05) is 35.9 Å². The van der Waals surface area contributed by atoms with Crippen LogP contribution >= 0.6 is 0 Å². The highest BCUT2D eigenvalue weighted by atomic mass is 19.1. The molecular formula is C17H16FN5. The van der Waals surface area contributed by atoms with Crippen molar-refractivity contribution in [2.45, 2.75) is 13.5 Å². The van der Waals surface area contributed by atoms with Crippen LogP contribution in [-0.2, 0) is 6.54 Å². The third-order valence-corrected chi connectivity index (χ3v) is 3.20. The molecule has 2 aromatic carbocycles. The summed E-state index contributed by atoms with van der Waals surface area (Å²) in [6.45, 7) is 2.69. The average molecular weight is 309 g/mol. The van der Waals surface area contributed by atoms with E-state index in [9.17, 15) is 4.39 Å². The molecule has 0 aliphatic heterocycles.